The molecule has 0 aromatic carbocycles. The molecule has 0 radical (unpaired) electrons. The molecule has 2 N–H and O–H groups in total. The summed E-state index contributed by atoms with van der Waals surface area (Å²) in [6, 6.07) is 0. The second-order valence-electron chi connectivity index (χ2n) is 3.44. The van der Waals surface area contributed by atoms with Gasteiger partial charge in [-0.05, 0) is 35.3 Å². The van der Waals surface area contributed by atoms with Crippen LogP contribution >= 0.6 is 15.9 Å². The minimum atomic E-state index is 0.589. The highest BCUT2D eigenvalue weighted by Crippen LogP contribution is 2.29. The molecule has 0 saturated carbocycles. The fourth-order valence-electron chi connectivity index (χ4n) is 1.77. The lowest BCUT2D eigenvalue weighted by Gasteiger charge is -2.04. The Morgan fingerprint density at radius 1 is 1.62 bits per heavy atom. The molecule has 2 rings (SSSR count). The Morgan fingerprint density at radius 2 is 2.46 bits per heavy atom. The van der Waals surface area contributed by atoms with E-state index in [1.807, 2.05) is 0 Å². The van der Waals surface area contributed by atoms with Crippen molar-refractivity contribution in [2.24, 2.45) is 0 Å². The van der Waals surface area contributed by atoms with E-state index >= 15 is 0 Å². The molecule has 13 heavy (non-hydrogen) atoms. The third-order valence-corrected chi connectivity index (χ3v) is 3.49. The molecule has 0 bridgehead atoms. The average molecular weight is 244 g/mol. The van der Waals surface area contributed by atoms with Crippen molar-refractivity contribution in [2.45, 2.75) is 25.7 Å². The predicted molar refractivity (Wildman–Crippen MR) is 55.9 cm³/mol. The minimum absolute atomic E-state index is 0.589. The number of rotatable bonds is 2. The van der Waals surface area contributed by atoms with Crippen LogP contribution in [0.3, 0.4) is 0 Å². The highest BCUT2D eigenvalue weighted by atomic mass is 79.9. The number of aromatic nitrogens is 2. The van der Waals surface area contributed by atoms with E-state index in [1.54, 1.807) is 0 Å². The second kappa shape index (κ2) is 3.80. The standard InChI is InChI=1S/C9H14BrN3/c1-2-7-8(10)9(13-12-7)6-3-4-11-5-6/h6,11H,2-5H2,1H3,(H,12,13). The zero-order valence-electron chi connectivity index (χ0n) is 7.73. The molecule has 72 valence electrons. The van der Waals surface area contributed by atoms with Crippen molar-refractivity contribution in [3.8, 4) is 0 Å². The molecule has 1 unspecified atom stereocenters. The van der Waals surface area contributed by atoms with E-state index in [-0.39, 0.29) is 0 Å². The first kappa shape index (κ1) is 9.21. The summed E-state index contributed by atoms with van der Waals surface area (Å²) >= 11 is 3.60. The lowest BCUT2D eigenvalue weighted by molar-refractivity contribution is 0.726. The maximum Gasteiger partial charge on any atom is 0.0811 e. The molecule has 3 nitrogen and oxygen atoms in total. The maximum absolute atomic E-state index is 4.36. The second-order valence-corrected chi connectivity index (χ2v) is 4.24. The van der Waals surface area contributed by atoms with Gasteiger partial charge in [-0.3, -0.25) is 5.10 Å². The van der Waals surface area contributed by atoms with Crippen molar-refractivity contribution in [3.63, 3.8) is 0 Å². The molecule has 1 atom stereocenters. The van der Waals surface area contributed by atoms with Crippen molar-refractivity contribution in [1.82, 2.24) is 15.5 Å². The first-order valence-electron chi connectivity index (χ1n) is 4.76. The Labute approximate surface area is 86.4 Å². The Morgan fingerprint density at radius 3 is 3.00 bits per heavy atom. The van der Waals surface area contributed by atoms with E-state index in [0.29, 0.717) is 5.92 Å². The minimum Gasteiger partial charge on any atom is -0.316 e. The van der Waals surface area contributed by atoms with Crippen molar-refractivity contribution < 1.29 is 0 Å². The highest BCUT2D eigenvalue weighted by molar-refractivity contribution is 9.10. The van der Waals surface area contributed by atoms with Gasteiger partial charge in [-0.2, -0.15) is 5.10 Å². The van der Waals surface area contributed by atoms with Crippen molar-refractivity contribution in [1.29, 1.82) is 0 Å². The van der Waals surface area contributed by atoms with Crippen LogP contribution in [-0.4, -0.2) is 23.3 Å². The monoisotopic (exact) mass is 243 g/mol. The molecule has 1 aromatic heterocycles. The summed E-state index contributed by atoms with van der Waals surface area (Å²) in [5.41, 5.74) is 2.41. The molecular formula is C9H14BrN3. The van der Waals surface area contributed by atoms with Crippen LogP contribution in [0.1, 0.15) is 30.7 Å². The fourth-order valence-corrected chi connectivity index (χ4v) is 2.55. The number of halogens is 1. The summed E-state index contributed by atoms with van der Waals surface area (Å²) in [7, 11) is 0. The summed E-state index contributed by atoms with van der Waals surface area (Å²) in [4.78, 5) is 0. The van der Waals surface area contributed by atoms with Gasteiger partial charge in [0.1, 0.15) is 0 Å². The van der Waals surface area contributed by atoms with Crippen LogP contribution in [0.2, 0.25) is 0 Å². The van der Waals surface area contributed by atoms with E-state index in [2.05, 4.69) is 38.4 Å². The number of aryl methyl sites for hydroxylation is 1. The zero-order valence-corrected chi connectivity index (χ0v) is 9.32. The largest absolute Gasteiger partial charge is 0.316 e. The van der Waals surface area contributed by atoms with Crippen molar-refractivity contribution in [3.05, 3.63) is 15.9 Å². The molecule has 1 aliphatic rings. The topological polar surface area (TPSA) is 40.7 Å². The molecule has 0 spiro atoms. The quantitative estimate of drug-likeness (QED) is 0.833. The van der Waals surface area contributed by atoms with Gasteiger partial charge in [0.2, 0.25) is 0 Å². The van der Waals surface area contributed by atoms with Crippen LogP contribution in [0, 0.1) is 0 Å². The Bertz CT molecular complexity index is 289. The van der Waals surface area contributed by atoms with Gasteiger partial charge in [0.15, 0.2) is 0 Å². The number of nitrogens with zero attached hydrogens (tertiary/aromatic N) is 1. The van der Waals surface area contributed by atoms with Gasteiger partial charge in [-0.25, -0.2) is 0 Å². The van der Waals surface area contributed by atoms with Crippen LogP contribution in [0.15, 0.2) is 4.47 Å². The van der Waals surface area contributed by atoms with E-state index in [9.17, 15) is 0 Å². The average Bonchev–Trinajstić information content (AvgIpc) is 2.72. The highest BCUT2D eigenvalue weighted by Gasteiger charge is 2.22. The summed E-state index contributed by atoms with van der Waals surface area (Å²) < 4.78 is 1.18. The van der Waals surface area contributed by atoms with Gasteiger partial charge in [0.25, 0.3) is 0 Å². The van der Waals surface area contributed by atoms with Crippen LogP contribution in [0.5, 0.6) is 0 Å². The number of H-pyrrole nitrogens is 1. The molecule has 0 amide bonds. The molecule has 1 fully saturated rings. The van der Waals surface area contributed by atoms with Gasteiger partial charge in [0.05, 0.1) is 10.2 Å². The van der Waals surface area contributed by atoms with Gasteiger partial charge < -0.3 is 5.32 Å². The van der Waals surface area contributed by atoms with E-state index in [1.165, 1.54) is 22.3 Å². The summed E-state index contributed by atoms with van der Waals surface area (Å²) in [6.45, 7) is 4.31. The Balaban J connectivity index is 2.24. The van der Waals surface area contributed by atoms with Gasteiger partial charge >= 0.3 is 0 Å². The number of hydrogen-bond donors (Lipinski definition) is 2. The molecule has 4 heteroatoms. The molecule has 1 aliphatic heterocycles. The number of aromatic amines is 1. The van der Waals surface area contributed by atoms with Crippen LogP contribution in [0.4, 0.5) is 0 Å². The van der Waals surface area contributed by atoms with Crippen LogP contribution in [-0.2, 0) is 6.42 Å². The normalized spacial score (nSPS) is 22.5. The van der Waals surface area contributed by atoms with Crippen LogP contribution < -0.4 is 5.32 Å². The fraction of sp³-hybridized carbons (Fsp3) is 0.667. The van der Waals surface area contributed by atoms with E-state index in [4.69, 9.17) is 0 Å². The lowest BCUT2D eigenvalue weighted by atomic mass is 10.0. The first-order valence-corrected chi connectivity index (χ1v) is 5.55. The third kappa shape index (κ3) is 1.65. The third-order valence-electron chi connectivity index (χ3n) is 2.60. The summed E-state index contributed by atoms with van der Waals surface area (Å²) in [6.07, 6.45) is 2.21. The van der Waals surface area contributed by atoms with Crippen LogP contribution in [0.25, 0.3) is 0 Å². The molecule has 1 aromatic rings. The predicted octanol–water partition coefficient (Wildman–Crippen LogP) is 1.81. The zero-order chi connectivity index (χ0) is 9.26. The summed E-state index contributed by atoms with van der Waals surface area (Å²) in [5, 5.41) is 10.8. The molecule has 2 heterocycles. The smallest absolute Gasteiger partial charge is 0.0811 e. The lowest BCUT2D eigenvalue weighted by Crippen LogP contribution is -2.08. The first-order chi connectivity index (χ1) is 6.33. The number of hydrogen-bond acceptors (Lipinski definition) is 2. The molecular weight excluding hydrogens is 230 g/mol. The van der Waals surface area contributed by atoms with Gasteiger partial charge in [-0.1, -0.05) is 6.92 Å². The van der Waals surface area contributed by atoms with Crippen molar-refractivity contribution >= 4 is 15.9 Å². The number of nitrogens with one attached hydrogen (secondary N) is 2. The Hall–Kier alpha value is -0.350. The molecule has 0 aliphatic carbocycles. The Kier molecular flexibility index (Phi) is 2.69. The molecule has 1 saturated heterocycles. The maximum atomic E-state index is 4.36. The SMILES string of the molecule is CCc1[nH]nc(C2CCNC2)c1Br. The van der Waals surface area contributed by atoms with Gasteiger partial charge in [-0.15, -0.1) is 0 Å². The van der Waals surface area contributed by atoms with E-state index in [0.717, 1.165) is 19.5 Å². The van der Waals surface area contributed by atoms with E-state index < -0.39 is 0 Å². The van der Waals surface area contributed by atoms with Crippen molar-refractivity contribution in [2.75, 3.05) is 13.1 Å². The summed E-state index contributed by atoms with van der Waals surface area (Å²) in [5.74, 6) is 0.589. The van der Waals surface area contributed by atoms with Gasteiger partial charge in [0, 0.05) is 18.2 Å².